The minimum atomic E-state index is -4.23. The Balaban J connectivity index is 1.72. The molecule has 0 aliphatic heterocycles. The maximum Gasteiger partial charge on any atom is 0.264 e. The van der Waals surface area contributed by atoms with E-state index in [4.69, 9.17) is 27.9 Å². The van der Waals surface area contributed by atoms with E-state index < -0.39 is 28.5 Å². The molecule has 1 aliphatic rings. The number of aryl methyl sites for hydroxylation is 1. The van der Waals surface area contributed by atoms with Crippen LogP contribution in [0.15, 0.2) is 71.6 Å². The highest BCUT2D eigenvalue weighted by molar-refractivity contribution is 7.92. The Morgan fingerprint density at radius 1 is 1.00 bits per heavy atom. The van der Waals surface area contributed by atoms with Crippen LogP contribution in [-0.2, 0) is 26.2 Å². The number of methoxy groups -OCH3 is 1. The zero-order valence-electron chi connectivity index (χ0n) is 23.8. The number of carbonyl (C=O) groups is 2. The van der Waals surface area contributed by atoms with Crippen LogP contribution in [0.5, 0.6) is 5.75 Å². The number of benzene rings is 3. The van der Waals surface area contributed by atoms with Gasteiger partial charge in [0.2, 0.25) is 11.8 Å². The zero-order chi connectivity index (χ0) is 30.4. The highest BCUT2D eigenvalue weighted by Gasteiger charge is 2.33. The molecule has 4 rings (SSSR count). The second-order valence-corrected chi connectivity index (χ2v) is 13.2. The summed E-state index contributed by atoms with van der Waals surface area (Å²) < 4.78 is 34.3. The van der Waals surface area contributed by atoms with Crippen LogP contribution < -0.4 is 14.4 Å². The SMILES string of the molecule is COc1cccc(CN(C(=O)CN(c2cc(Cl)cc(Cl)c2)S(=O)(=O)c2ccc(C)cc2)[C@@H](C)C(=O)NC2CCCC2)c1. The lowest BCUT2D eigenvalue weighted by atomic mass is 10.1. The quantitative estimate of drug-likeness (QED) is 0.281. The average molecular weight is 633 g/mol. The Hall–Kier alpha value is -3.27. The third kappa shape index (κ3) is 7.76. The molecule has 0 saturated heterocycles. The largest absolute Gasteiger partial charge is 0.497 e. The first-order valence-electron chi connectivity index (χ1n) is 13.8. The molecular formula is C31H35Cl2N3O5S. The Kier molecular flexibility index (Phi) is 10.4. The molecule has 0 spiro atoms. The van der Waals surface area contributed by atoms with E-state index in [9.17, 15) is 18.0 Å². The number of halogens is 2. The van der Waals surface area contributed by atoms with E-state index in [-0.39, 0.29) is 39.1 Å². The molecule has 1 atom stereocenters. The minimum absolute atomic E-state index is 0.00312. The van der Waals surface area contributed by atoms with Crippen LogP contribution in [0, 0.1) is 6.92 Å². The maximum absolute atomic E-state index is 14.1. The van der Waals surface area contributed by atoms with Crippen LogP contribution in [0.3, 0.4) is 0 Å². The first-order chi connectivity index (χ1) is 20.0. The molecule has 224 valence electrons. The van der Waals surface area contributed by atoms with Gasteiger partial charge < -0.3 is 15.0 Å². The van der Waals surface area contributed by atoms with Crippen molar-refractivity contribution in [2.24, 2.45) is 0 Å². The maximum atomic E-state index is 14.1. The Labute approximate surface area is 257 Å². The van der Waals surface area contributed by atoms with Gasteiger partial charge in [0, 0.05) is 22.6 Å². The van der Waals surface area contributed by atoms with Gasteiger partial charge in [0.25, 0.3) is 10.0 Å². The summed E-state index contributed by atoms with van der Waals surface area (Å²) in [6.45, 7) is 2.97. The Morgan fingerprint density at radius 2 is 1.64 bits per heavy atom. The first kappa shape index (κ1) is 31.7. The summed E-state index contributed by atoms with van der Waals surface area (Å²) in [6, 6.07) is 17.1. The molecular weight excluding hydrogens is 597 g/mol. The highest BCUT2D eigenvalue weighted by atomic mass is 35.5. The van der Waals surface area contributed by atoms with E-state index in [2.05, 4.69) is 5.32 Å². The number of carbonyl (C=O) groups excluding carboxylic acids is 2. The lowest BCUT2D eigenvalue weighted by Gasteiger charge is -2.32. The summed E-state index contributed by atoms with van der Waals surface area (Å²) in [7, 11) is -2.69. The molecule has 1 saturated carbocycles. The van der Waals surface area contributed by atoms with Gasteiger partial charge in [-0.05, 0) is 74.7 Å². The number of rotatable bonds is 11. The summed E-state index contributed by atoms with van der Waals surface area (Å²) in [5.41, 5.74) is 1.74. The van der Waals surface area contributed by atoms with Gasteiger partial charge in [-0.2, -0.15) is 0 Å². The van der Waals surface area contributed by atoms with Crippen LogP contribution in [0.4, 0.5) is 5.69 Å². The van der Waals surface area contributed by atoms with E-state index >= 15 is 0 Å². The second kappa shape index (κ2) is 13.8. The zero-order valence-corrected chi connectivity index (χ0v) is 26.2. The minimum Gasteiger partial charge on any atom is -0.497 e. The van der Waals surface area contributed by atoms with Gasteiger partial charge >= 0.3 is 0 Å². The molecule has 3 aromatic carbocycles. The molecule has 1 fully saturated rings. The smallest absolute Gasteiger partial charge is 0.264 e. The Bertz CT molecular complexity index is 1510. The Morgan fingerprint density at radius 3 is 2.26 bits per heavy atom. The number of sulfonamides is 1. The average Bonchev–Trinajstić information content (AvgIpc) is 3.47. The van der Waals surface area contributed by atoms with Crippen molar-refractivity contribution in [3.8, 4) is 5.75 Å². The number of nitrogens with one attached hydrogen (secondary N) is 1. The van der Waals surface area contributed by atoms with Crippen molar-refractivity contribution in [1.82, 2.24) is 10.2 Å². The number of hydrogen-bond acceptors (Lipinski definition) is 5. The fourth-order valence-corrected chi connectivity index (χ4v) is 6.90. The molecule has 8 nitrogen and oxygen atoms in total. The van der Waals surface area contributed by atoms with Crippen LogP contribution in [0.1, 0.15) is 43.7 Å². The van der Waals surface area contributed by atoms with Crippen LogP contribution in [0.25, 0.3) is 0 Å². The van der Waals surface area contributed by atoms with Gasteiger partial charge in [0.15, 0.2) is 0 Å². The monoisotopic (exact) mass is 631 g/mol. The van der Waals surface area contributed by atoms with Crippen molar-refractivity contribution in [2.45, 2.75) is 63.1 Å². The predicted octanol–water partition coefficient (Wildman–Crippen LogP) is 5.98. The highest BCUT2D eigenvalue weighted by Crippen LogP contribution is 2.30. The van der Waals surface area contributed by atoms with Crippen molar-refractivity contribution in [1.29, 1.82) is 0 Å². The van der Waals surface area contributed by atoms with E-state index in [0.29, 0.717) is 5.75 Å². The van der Waals surface area contributed by atoms with E-state index in [0.717, 1.165) is 41.1 Å². The van der Waals surface area contributed by atoms with Crippen LogP contribution >= 0.6 is 23.2 Å². The number of anilines is 1. The van der Waals surface area contributed by atoms with Gasteiger partial charge in [0.1, 0.15) is 18.3 Å². The van der Waals surface area contributed by atoms with E-state index in [1.807, 2.05) is 13.0 Å². The third-order valence-electron chi connectivity index (χ3n) is 7.38. The third-order valence-corrected chi connectivity index (χ3v) is 9.60. The van der Waals surface area contributed by atoms with Gasteiger partial charge in [-0.1, -0.05) is 65.9 Å². The van der Waals surface area contributed by atoms with E-state index in [1.54, 1.807) is 44.4 Å². The lowest BCUT2D eigenvalue weighted by Crippen LogP contribution is -2.52. The molecule has 42 heavy (non-hydrogen) atoms. The molecule has 1 aliphatic carbocycles. The first-order valence-corrected chi connectivity index (χ1v) is 16.0. The van der Waals surface area contributed by atoms with Crippen molar-refractivity contribution in [3.05, 3.63) is 87.9 Å². The summed E-state index contributed by atoms with van der Waals surface area (Å²) in [6.07, 6.45) is 3.86. The number of nitrogens with zero attached hydrogens (tertiary/aromatic N) is 2. The molecule has 3 aromatic rings. The molecule has 1 N–H and O–H groups in total. The molecule has 0 unspecified atom stereocenters. The summed E-state index contributed by atoms with van der Waals surface area (Å²) in [4.78, 5) is 28.9. The fourth-order valence-electron chi connectivity index (χ4n) is 4.99. The standard InChI is InChI=1S/C31H35Cl2N3O5S/c1-21-11-13-29(14-12-21)42(39,40)36(27-17-24(32)16-25(33)18-27)20-30(37)35(19-23-7-6-10-28(15-23)41-3)22(2)31(38)34-26-8-4-5-9-26/h6-7,10-18,22,26H,4-5,8-9,19-20H2,1-3H3,(H,34,38)/t22-/m0/s1. The molecule has 2 amide bonds. The molecule has 0 aromatic heterocycles. The van der Waals surface area contributed by atoms with Crippen molar-refractivity contribution < 1.29 is 22.7 Å². The number of hydrogen-bond donors (Lipinski definition) is 1. The van der Waals surface area contributed by atoms with Gasteiger partial charge in [0.05, 0.1) is 17.7 Å². The number of amides is 2. The topological polar surface area (TPSA) is 96.0 Å². The van der Waals surface area contributed by atoms with Crippen LogP contribution in [0.2, 0.25) is 10.0 Å². The summed E-state index contributed by atoms with van der Waals surface area (Å²) in [5.74, 6) is -0.268. The second-order valence-electron chi connectivity index (χ2n) is 10.5. The molecule has 11 heteroatoms. The van der Waals surface area contributed by atoms with Gasteiger partial charge in [-0.15, -0.1) is 0 Å². The van der Waals surface area contributed by atoms with Gasteiger partial charge in [-0.25, -0.2) is 8.42 Å². The van der Waals surface area contributed by atoms with Gasteiger partial charge in [-0.3, -0.25) is 13.9 Å². The predicted molar refractivity (Wildman–Crippen MR) is 166 cm³/mol. The fraction of sp³-hybridized carbons (Fsp3) is 0.355. The molecule has 0 radical (unpaired) electrons. The van der Waals surface area contributed by atoms with Crippen molar-refractivity contribution in [3.63, 3.8) is 0 Å². The lowest BCUT2D eigenvalue weighted by molar-refractivity contribution is -0.139. The summed E-state index contributed by atoms with van der Waals surface area (Å²) >= 11 is 12.5. The summed E-state index contributed by atoms with van der Waals surface area (Å²) in [5, 5.41) is 3.49. The van der Waals surface area contributed by atoms with Crippen LogP contribution in [-0.4, -0.2) is 50.9 Å². The molecule has 0 bridgehead atoms. The normalized spacial score (nSPS) is 14.3. The number of ether oxygens (including phenoxy) is 1. The van der Waals surface area contributed by atoms with Crippen molar-refractivity contribution >= 4 is 50.7 Å². The molecule has 0 heterocycles. The van der Waals surface area contributed by atoms with E-state index in [1.165, 1.54) is 35.2 Å². The van der Waals surface area contributed by atoms with Crippen molar-refractivity contribution in [2.75, 3.05) is 18.0 Å².